The minimum Gasteiger partial charge on any atom is -0.508 e. The standard InChI is InChI=1S/C15H16OS/c1-11-6-7-12(2)13(8-11)10-17-15-5-3-4-14(16)9-15/h3-9,16H,10H2,1-2H3. The molecule has 0 fully saturated rings. The fraction of sp³-hybridized carbons (Fsp3) is 0.200. The number of aryl methyl sites for hydroxylation is 2. The van der Waals surface area contributed by atoms with E-state index in [2.05, 4.69) is 32.0 Å². The van der Waals surface area contributed by atoms with Gasteiger partial charge in [-0.1, -0.05) is 29.8 Å². The van der Waals surface area contributed by atoms with Crippen molar-refractivity contribution in [2.75, 3.05) is 0 Å². The number of phenols is 1. The number of aromatic hydroxyl groups is 1. The van der Waals surface area contributed by atoms with Crippen LogP contribution in [0.15, 0.2) is 47.4 Å². The summed E-state index contributed by atoms with van der Waals surface area (Å²) in [6.45, 7) is 4.25. The minimum atomic E-state index is 0.330. The second-order valence-electron chi connectivity index (χ2n) is 4.22. The molecule has 0 saturated heterocycles. The van der Waals surface area contributed by atoms with Gasteiger partial charge in [-0.05, 0) is 43.2 Å². The third kappa shape index (κ3) is 3.27. The highest BCUT2D eigenvalue weighted by Gasteiger charge is 2.01. The minimum absolute atomic E-state index is 0.330. The molecule has 88 valence electrons. The normalized spacial score (nSPS) is 10.5. The summed E-state index contributed by atoms with van der Waals surface area (Å²) in [4.78, 5) is 1.10. The van der Waals surface area contributed by atoms with Gasteiger partial charge in [0.25, 0.3) is 0 Å². The lowest BCUT2D eigenvalue weighted by Crippen LogP contribution is -1.87. The van der Waals surface area contributed by atoms with E-state index in [0.29, 0.717) is 5.75 Å². The Bertz CT molecular complexity index is 520. The van der Waals surface area contributed by atoms with E-state index in [-0.39, 0.29) is 0 Å². The third-order valence-electron chi connectivity index (χ3n) is 2.72. The molecule has 0 aliphatic rings. The van der Waals surface area contributed by atoms with Gasteiger partial charge < -0.3 is 5.11 Å². The smallest absolute Gasteiger partial charge is 0.116 e. The quantitative estimate of drug-likeness (QED) is 0.812. The fourth-order valence-electron chi connectivity index (χ4n) is 1.69. The molecule has 0 unspecified atom stereocenters. The average molecular weight is 244 g/mol. The van der Waals surface area contributed by atoms with Crippen LogP contribution < -0.4 is 0 Å². The van der Waals surface area contributed by atoms with E-state index in [4.69, 9.17) is 0 Å². The maximum absolute atomic E-state index is 9.40. The highest BCUT2D eigenvalue weighted by molar-refractivity contribution is 7.98. The van der Waals surface area contributed by atoms with Crippen molar-refractivity contribution >= 4 is 11.8 Å². The first kappa shape index (κ1) is 12.1. The van der Waals surface area contributed by atoms with Crippen LogP contribution in [-0.4, -0.2) is 5.11 Å². The van der Waals surface area contributed by atoms with Crippen molar-refractivity contribution < 1.29 is 5.11 Å². The molecule has 2 aromatic carbocycles. The van der Waals surface area contributed by atoms with Crippen molar-refractivity contribution in [1.82, 2.24) is 0 Å². The lowest BCUT2D eigenvalue weighted by atomic mass is 10.1. The second-order valence-corrected chi connectivity index (χ2v) is 5.26. The molecule has 0 aliphatic carbocycles. The molecule has 17 heavy (non-hydrogen) atoms. The molecule has 0 bridgehead atoms. The van der Waals surface area contributed by atoms with Crippen LogP contribution >= 0.6 is 11.8 Å². The molecular formula is C15H16OS. The fourth-order valence-corrected chi connectivity index (χ4v) is 2.70. The van der Waals surface area contributed by atoms with Crippen LogP contribution in [0.4, 0.5) is 0 Å². The molecule has 0 radical (unpaired) electrons. The van der Waals surface area contributed by atoms with Crippen molar-refractivity contribution in [3.05, 3.63) is 59.2 Å². The first-order valence-electron chi connectivity index (χ1n) is 5.63. The van der Waals surface area contributed by atoms with E-state index >= 15 is 0 Å². The molecule has 0 amide bonds. The van der Waals surface area contributed by atoms with Gasteiger partial charge in [0, 0.05) is 10.6 Å². The summed E-state index contributed by atoms with van der Waals surface area (Å²) in [5, 5.41) is 9.40. The summed E-state index contributed by atoms with van der Waals surface area (Å²) >= 11 is 1.75. The molecule has 2 aromatic rings. The Morgan fingerprint density at radius 3 is 2.65 bits per heavy atom. The molecule has 0 spiro atoms. The van der Waals surface area contributed by atoms with Gasteiger partial charge in [-0.3, -0.25) is 0 Å². The molecule has 0 saturated carbocycles. The molecule has 1 nitrogen and oxygen atoms in total. The zero-order valence-electron chi connectivity index (χ0n) is 10.1. The molecule has 0 heterocycles. The molecule has 0 aromatic heterocycles. The Kier molecular flexibility index (Phi) is 3.75. The van der Waals surface area contributed by atoms with Crippen LogP contribution in [0.3, 0.4) is 0 Å². The van der Waals surface area contributed by atoms with Crippen LogP contribution in [0.25, 0.3) is 0 Å². The predicted molar refractivity (Wildman–Crippen MR) is 73.6 cm³/mol. The van der Waals surface area contributed by atoms with Gasteiger partial charge in [0.15, 0.2) is 0 Å². The lowest BCUT2D eigenvalue weighted by molar-refractivity contribution is 0.474. The van der Waals surface area contributed by atoms with E-state index in [0.717, 1.165) is 10.6 Å². The first-order valence-corrected chi connectivity index (χ1v) is 6.61. The Balaban J connectivity index is 2.09. The van der Waals surface area contributed by atoms with Crippen molar-refractivity contribution in [1.29, 1.82) is 0 Å². The summed E-state index contributed by atoms with van der Waals surface area (Å²) < 4.78 is 0. The molecule has 2 heteroatoms. The van der Waals surface area contributed by atoms with Crippen LogP contribution in [0.5, 0.6) is 5.75 Å². The molecule has 0 aliphatic heterocycles. The van der Waals surface area contributed by atoms with E-state index < -0.39 is 0 Å². The van der Waals surface area contributed by atoms with Gasteiger partial charge in [0.05, 0.1) is 0 Å². The number of hydrogen-bond acceptors (Lipinski definition) is 2. The summed E-state index contributed by atoms with van der Waals surface area (Å²) in [5.41, 5.74) is 3.98. The maximum Gasteiger partial charge on any atom is 0.116 e. The molecule has 0 atom stereocenters. The summed E-state index contributed by atoms with van der Waals surface area (Å²) in [6.07, 6.45) is 0. The molecule has 1 N–H and O–H groups in total. The van der Waals surface area contributed by atoms with Crippen LogP contribution in [0.1, 0.15) is 16.7 Å². The Hall–Kier alpha value is -1.41. The van der Waals surface area contributed by atoms with E-state index in [1.807, 2.05) is 12.1 Å². The molecular weight excluding hydrogens is 228 g/mol. The first-order chi connectivity index (χ1) is 8.15. The van der Waals surface area contributed by atoms with Crippen molar-refractivity contribution in [2.45, 2.75) is 24.5 Å². The summed E-state index contributed by atoms with van der Waals surface area (Å²) in [6, 6.07) is 13.9. The van der Waals surface area contributed by atoms with Crippen LogP contribution in [-0.2, 0) is 5.75 Å². The highest BCUT2D eigenvalue weighted by atomic mass is 32.2. The van der Waals surface area contributed by atoms with Crippen molar-refractivity contribution in [3.63, 3.8) is 0 Å². The van der Waals surface area contributed by atoms with E-state index in [1.165, 1.54) is 16.7 Å². The number of rotatable bonds is 3. The SMILES string of the molecule is Cc1ccc(C)c(CSc2cccc(O)c2)c1. The zero-order chi connectivity index (χ0) is 12.3. The van der Waals surface area contributed by atoms with Gasteiger partial charge in [0.2, 0.25) is 0 Å². The molecule has 2 rings (SSSR count). The number of hydrogen-bond donors (Lipinski definition) is 1. The second kappa shape index (κ2) is 5.28. The maximum atomic E-state index is 9.40. The van der Waals surface area contributed by atoms with Gasteiger partial charge in [0.1, 0.15) is 5.75 Å². The number of phenolic OH excluding ortho intramolecular Hbond substituents is 1. The zero-order valence-corrected chi connectivity index (χ0v) is 10.9. The largest absolute Gasteiger partial charge is 0.508 e. The number of thioether (sulfide) groups is 1. The summed E-state index contributed by atoms with van der Waals surface area (Å²) in [5.74, 6) is 1.27. The third-order valence-corrected chi connectivity index (χ3v) is 3.76. The Morgan fingerprint density at radius 2 is 1.88 bits per heavy atom. The van der Waals surface area contributed by atoms with Gasteiger partial charge >= 0.3 is 0 Å². The van der Waals surface area contributed by atoms with Crippen molar-refractivity contribution in [3.8, 4) is 5.75 Å². The highest BCUT2D eigenvalue weighted by Crippen LogP contribution is 2.27. The topological polar surface area (TPSA) is 20.2 Å². The summed E-state index contributed by atoms with van der Waals surface area (Å²) in [7, 11) is 0. The van der Waals surface area contributed by atoms with Gasteiger partial charge in [-0.2, -0.15) is 0 Å². The number of benzene rings is 2. The van der Waals surface area contributed by atoms with Crippen LogP contribution in [0, 0.1) is 13.8 Å². The average Bonchev–Trinajstić information content (AvgIpc) is 2.30. The lowest BCUT2D eigenvalue weighted by Gasteiger charge is -2.07. The van der Waals surface area contributed by atoms with Crippen LogP contribution in [0.2, 0.25) is 0 Å². The van der Waals surface area contributed by atoms with Crippen molar-refractivity contribution in [2.24, 2.45) is 0 Å². The van der Waals surface area contributed by atoms with E-state index in [9.17, 15) is 5.11 Å². The Morgan fingerprint density at radius 1 is 1.06 bits per heavy atom. The van der Waals surface area contributed by atoms with Gasteiger partial charge in [-0.25, -0.2) is 0 Å². The predicted octanol–water partition coefficient (Wildman–Crippen LogP) is 4.30. The monoisotopic (exact) mass is 244 g/mol. The van der Waals surface area contributed by atoms with E-state index in [1.54, 1.807) is 23.9 Å². The Labute approximate surface area is 107 Å². The van der Waals surface area contributed by atoms with Gasteiger partial charge in [-0.15, -0.1) is 11.8 Å².